The minimum absolute atomic E-state index is 0.226. The second-order valence-electron chi connectivity index (χ2n) is 6.10. The predicted octanol–water partition coefficient (Wildman–Crippen LogP) is 4.34. The molecular formula is C17H24BrNO. The Morgan fingerprint density at radius 2 is 2.15 bits per heavy atom. The van der Waals surface area contributed by atoms with Crippen LogP contribution >= 0.6 is 15.9 Å². The summed E-state index contributed by atoms with van der Waals surface area (Å²) in [6.07, 6.45) is 2.59. The lowest BCUT2D eigenvalue weighted by atomic mass is 9.99. The zero-order chi connectivity index (χ0) is 14.9. The van der Waals surface area contributed by atoms with Crippen molar-refractivity contribution in [3.63, 3.8) is 0 Å². The van der Waals surface area contributed by atoms with Crippen molar-refractivity contribution in [2.24, 2.45) is 5.92 Å². The topological polar surface area (TPSA) is 20.3 Å². The lowest BCUT2D eigenvalue weighted by molar-refractivity contribution is -0.118. The predicted molar refractivity (Wildman–Crippen MR) is 88.6 cm³/mol. The third-order valence-corrected chi connectivity index (χ3v) is 5.47. The quantitative estimate of drug-likeness (QED) is 0.748. The van der Waals surface area contributed by atoms with Gasteiger partial charge in [0.2, 0.25) is 5.91 Å². The van der Waals surface area contributed by atoms with Gasteiger partial charge < -0.3 is 4.90 Å². The molecule has 110 valence electrons. The first-order valence-electron chi connectivity index (χ1n) is 7.52. The van der Waals surface area contributed by atoms with E-state index in [0.29, 0.717) is 17.2 Å². The van der Waals surface area contributed by atoms with Crippen molar-refractivity contribution in [2.45, 2.75) is 57.8 Å². The molecule has 2 atom stereocenters. The van der Waals surface area contributed by atoms with E-state index in [1.807, 2.05) is 11.8 Å². The average Bonchev–Trinajstić information content (AvgIpc) is 2.72. The maximum absolute atomic E-state index is 12.1. The number of nitrogens with zero attached hydrogens (tertiary/aromatic N) is 1. The lowest BCUT2D eigenvalue weighted by Crippen LogP contribution is -2.35. The molecular weight excluding hydrogens is 314 g/mol. The van der Waals surface area contributed by atoms with E-state index in [0.717, 1.165) is 18.5 Å². The van der Waals surface area contributed by atoms with Gasteiger partial charge in [-0.1, -0.05) is 48.8 Å². The van der Waals surface area contributed by atoms with Crippen LogP contribution in [0.25, 0.3) is 0 Å². The molecule has 1 aliphatic heterocycles. The number of hydrogen-bond acceptors (Lipinski definition) is 1. The summed E-state index contributed by atoms with van der Waals surface area (Å²) in [6.45, 7) is 8.53. The number of rotatable bonds is 4. The summed E-state index contributed by atoms with van der Waals surface area (Å²) in [7, 11) is 0. The van der Waals surface area contributed by atoms with E-state index in [1.54, 1.807) is 0 Å². The molecule has 0 fully saturated rings. The highest BCUT2D eigenvalue weighted by molar-refractivity contribution is 9.09. The Balaban J connectivity index is 2.22. The zero-order valence-electron chi connectivity index (χ0n) is 12.8. The number of halogens is 1. The zero-order valence-corrected chi connectivity index (χ0v) is 14.4. The molecule has 0 aliphatic carbocycles. The van der Waals surface area contributed by atoms with Gasteiger partial charge in [0.15, 0.2) is 0 Å². The number of carbonyl (C=O) groups excluding carboxylic acids is 1. The Hall–Kier alpha value is -0.830. The molecule has 0 aromatic heterocycles. The Labute approximate surface area is 130 Å². The van der Waals surface area contributed by atoms with Gasteiger partial charge in [0.05, 0.1) is 0 Å². The molecule has 2 rings (SSSR count). The first-order chi connectivity index (χ1) is 9.43. The van der Waals surface area contributed by atoms with Crippen molar-refractivity contribution in [1.29, 1.82) is 0 Å². The molecule has 0 bridgehead atoms. The van der Waals surface area contributed by atoms with Crippen molar-refractivity contribution >= 4 is 27.5 Å². The molecule has 1 aromatic carbocycles. The summed E-state index contributed by atoms with van der Waals surface area (Å²) in [6, 6.07) is 6.87. The van der Waals surface area contributed by atoms with Crippen LogP contribution < -0.4 is 4.90 Å². The number of alkyl halides is 1. The summed E-state index contributed by atoms with van der Waals surface area (Å²) in [4.78, 5) is 14.5. The summed E-state index contributed by atoms with van der Waals surface area (Å²) >= 11 is 3.75. The minimum Gasteiger partial charge on any atom is -0.309 e. The van der Waals surface area contributed by atoms with E-state index in [-0.39, 0.29) is 11.9 Å². The van der Waals surface area contributed by atoms with Crippen LogP contribution in [0.5, 0.6) is 0 Å². The third kappa shape index (κ3) is 3.08. The van der Waals surface area contributed by atoms with E-state index in [1.165, 1.54) is 11.1 Å². The molecule has 1 aliphatic rings. The van der Waals surface area contributed by atoms with E-state index < -0.39 is 0 Å². The van der Waals surface area contributed by atoms with Gasteiger partial charge in [0, 0.05) is 23.0 Å². The van der Waals surface area contributed by atoms with Crippen LogP contribution in [0.4, 0.5) is 5.69 Å². The van der Waals surface area contributed by atoms with Gasteiger partial charge >= 0.3 is 0 Å². The van der Waals surface area contributed by atoms with Gasteiger partial charge in [-0.3, -0.25) is 4.79 Å². The molecule has 1 amide bonds. The standard InChI is InChI=1S/C17H24BrNO/c1-5-17(20)19-12(4)8-14-9-13(6-7-16(14)19)10-15(18)11(2)3/h6-7,9,11-12,15H,5,8,10H2,1-4H3. The molecule has 3 heteroatoms. The largest absolute Gasteiger partial charge is 0.309 e. The molecule has 20 heavy (non-hydrogen) atoms. The van der Waals surface area contributed by atoms with Crippen LogP contribution in [0.15, 0.2) is 18.2 Å². The van der Waals surface area contributed by atoms with Crippen molar-refractivity contribution in [2.75, 3.05) is 4.90 Å². The monoisotopic (exact) mass is 337 g/mol. The Morgan fingerprint density at radius 3 is 2.75 bits per heavy atom. The summed E-state index contributed by atoms with van der Waals surface area (Å²) in [5.74, 6) is 0.852. The SMILES string of the molecule is CCC(=O)N1c2ccc(CC(Br)C(C)C)cc2CC1C. The van der Waals surface area contributed by atoms with Gasteiger partial charge in [-0.2, -0.15) is 0 Å². The fraction of sp³-hybridized carbons (Fsp3) is 0.588. The van der Waals surface area contributed by atoms with Crippen LogP contribution in [-0.4, -0.2) is 16.8 Å². The Morgan fingerprint density at radius 1 is 1.45 bits per heavy atom. The lowest BCUT2D eigenvalue weighted by Gasteiger charge is -2.22. The van der Waals surface area contributed by atoms with Crippen LogP contribution in [0.1, 0.15) is 45.2 Å². The summed E-state index contributed by atoms with van der Waals surface area (Å²) < 4.78 is 0. The van der Waals surface area contributed by atoms with Gasteiger partial charge in [-0.25, -0.2) is 0 Å². The van der Waals surface area contributed by atoms with Crippen LogP contribution in [0.2, 0.25) is 0 Å². The van der Waals surface area contributed by atoms with Crippen molar-refractivity contribution in [1.82, 2.24) is 0 Å². The molecule has 0 spiro atoms. The smallest absolute Gasteiger partial charge is 0.226 e. The summed E-state index contributed by atoms with van der Waals surface area (Å²) in [5, 5.41) is 0. The minimum atomic E-state index is 0.226. The highest BCUT2D eigenvalue weighted by atomic mass is 79.9. The fourth-order valence-electron chi connectivity index (χ4n) is 2.82. The fourth-order valence-corrected chi connectivity index (χ4v) is 3.20. The van der Waals surface area contributed by atoms with Gasteiger partial charge in [0.25, 0.3) is 0 Å². The molecule has 0 saturated heterocycles. The first-order valence-corrected chi connectivity index (χ1v) is 8.43. The van der Waals surface area contributed by atoms with E-state index in [2.05, 4.69) is 54.9 Å². The van der Waals surface area contributed by atoms with Crippen molar-refractivity contribution in [3.8, 4) is 0 Å². The number of hydrogen-bond donors (Lipinski definition) is 0. The Bertz CT molecular complexity index is 498. The molecule has 2 unspecified atom stereocenters. The summed E-state index contributed by atoms with van der Waals surface area (Å²) in [5.41, 5.74) is 3.79. The molecule has 0 N–H and O–H groups in total. The number of benzene rings is 1. The molecule has 0 radical (unpaired) electrons. The second kappa shape index (κ2) is 6.30. The van der Waals surface area contributed by atoms with Gasteiger partial charge in [-0.15, -0.1) is 0 Å². The molecule has 1 heterocycles. The highest BCUT2D eigenvalue weighted by Gasteiger charge is 2.30. The number of amides is 1. The van der Waals surface area contributed by atoms with Gasteiger partial charge in [-0.05, 0) is 42.9 Å². The second-order valence-corrected chi connectivity index (χ2v) is 7.27. The van der Waals surface area contributed by atoms with E-state index in [4.69, 9.17) is 0 Å². The van der Waals surface area contributed by atoms with Crippen LogP contribution in [-0.2, 0) is 17.6 Å². The highest BCUT2D eigenvalue weighted by Crippen LogP contribution is 2.34. The van der Waals surface area contributed by atoms with E-state index >= 15 is 0 Å². The maximum atomic E-state index is 12.1. The number of carbonyl (C=O) groups is 1. The number of fused-ring (bicyclic) bond motifs is 1. The van der Waals surface area contributed by atoms with Gasteiger partial charge in [0.1, 0.15) is 0 Å². The van der Waals surface area contributed by atoms with Crippen LogP contribution in [0, 0.1) is 5.92 Å². The molecule has 2 nitrogen and oxygen atoms in total. The van der Waals surface area contributed by atoms with Crippen LogP contribution in [0.3, 0.4) is 0 Å². The van der Waals surface area contributed by atoms with Crippen molar-refractivity contribution in [3.05, 3.63) is 29.3 Å². The number of anilines is 1. The first kappa shape index (κ1) is 15.6. The normalized spacial score (nSPS) is 19.3. The molecule has 0 saturated carbocycles. The Kier molecular flexibility index (Phi) is 4.90. The van der Waals surface area contributed by atoms with E-state index in [9.17, 15) is 4.79 Å². The van der Waals surface area contributed by atoms with Crippen molar-refractivity contribution < 1.29 is 4.79 Å². The third-order valence-electron chi connectivity index (χ3n) is 4.08. The average molecular weight is 338 g/mol. The maximum Gasteiger partial charge on any atom is 0.226 e. The molecule has 1 aromatic rings.